The lowest BCUT2D eigenvalue weighted by Crippen LogP contribution is -2.36. The second kappa shape index (κ2) is 7.11. The third-order valence-electron chi connectivity index (χ3n) is 4.13. The van der Waals surface area contributed by atoms with Crippen molar-refractivity contribution in [2.75, 3.05) is 0 Å². The lowest BCUT2D eigenvalue weighted by molar-refractivity contribution is 0.0684. The van der Waals surface area contributed by atoms with E-state index in [0.29, 0.717) is 17.9 Å². The van der Waals surface area contributed by atoms with Crippen LogP contribution in [-0.4, -0.2) is 36.2 Å². The number of carbonyl (C=O) groups is 1. The van der Waals surface area contributed by atoms with Crippen molar-refractivity contribution in [2.45, 2.75) is 33.4 Å². The number of benzene rings is 1. The number of imidazole rings is 1. The molecule has 0 N–H and O–H groups in total. The SMILES string of the molecule is Cc1cnn(-c2cc(CN(C(=O)c3cn(C)cn3)C(C)C)ccc2F)c1. The first kappa shape index (κ1) is 17.8. The van der Waals surface area contributed by atoms with Gasteiger partial charge in [-0.05, 0) is 44.0 Å². The van der Waals surface area contributed by atoms with Gasteiger partial charge in [0.1, 0.15) is 17.2 Å². The van der Waals surface area contributed by atoms with Crippen molar-refractivity contribution in [1.82, 2.24) is 24.2 Å². The van der Waals surface area contributed by atoms with Crippen molar-refractivity contribution in [1.29, 1.82) is 0 Å². The van der Waals surface area contributed by atoms with Crippen molar-refractivity contribution in [2.24, 2.45) is 7.05 Å². The Kier molecular flexibility index (Phi) is 4.88. The Morgan fingerprint density at radius 2 is 2.08 bits per heavy atom. The van der Waals surface area contributed by atoms with Crippen LogP contribution in [-0.2, 0) is 13.6 Å². The van der Waals surface area contributed by atoms with E-state index in [-0.39, 0.29) is 17.8 Å². The van der Waals surface area contributed by atoms with Crippen molar-refractivity contribution in [3.63, 3.8) is 0 Å². The molecule has 0 aliphatic heterocycles. The molecule has 2 heterocycles. The monoisotopic (exact) mass is 355 g/mol. The lowest BCUT2D eigenvalue weighted by atomic mass is 10.1. The molecule has 2 aromatic heterocycles. The van der Waals surface area contributed by atoms with Gasteiger partial charge in [-0.2, -0.15) is 5.10 Å². The molecule has 0 fully saturated rings. The zero-order valence-electron chi connectivity index (χ0n) is 15.3. The first-order valence-corrected chi connectivity index (χ1v) is 8.44. The highest BCUT2D eigenvalue weighted by molar-refractivity contribution is 5.92. The minimum absolute atomic E-state index is 0.0232. The molecular weight excluding hydrogens is 333 g/mol. The minimum Gasteiger partial charge on any atom is -0.340 e. The molecule has 7 heteroatoms. The average Bonchev–Trinajstić information content (AvgIpc) is 3.21. The molecule has 0 atom stereocenters. The molecule has 3 rings (SSSR count). The fourth-order valence-electron chi connectivity index (χ4n) is 2.73. The number of rotatable bonds is 5. The van der Waals surface area contributed by atoms with Gasteiger partial charge in [0, 0.05) is 32.0 Å². The number of nitrogens with zero attached hydrogens (tertiary/aromatic N) is 5. The van der Waals surface area contributed by atoms with Crippen molar-refractivity contribution >= 4 is 5.91 Å². The fraction of sp³-hybridized carbons (Fsp3) is 0.316. The summed E-state index contributed by atoms with van der Waals surface area (Å²) in [5.41, 5.74) is 2.53. The summed E-state index contributed by atoms with van der Waals surface area (Å²) in [6.45, 7) is 6.15. The third kappa shape index (κ3) is 3.66. The summed E-state index contributed by atoms with van der Waals surface area (Å²) in [5, 5.41) is 4.17. The smallest absolute Gasteiger partial charge is 0.274 e. The van der Waals surface area contributed by atoms with Gasteiger partial charge in [0.05, 0.1) is 12.5 Å². The zero-order valence-corrected chi connectivity index (χ0v) is 15.3. The number of aromatic nitrogens is 4. The zero-order chi connectivity index (χ0) is 18.8. The summed E-state index contributed by atoms with van der Waals surface area (Å²) in [5.74, 6) is -0.509. The molecule has 0 spiro atoms. The lowest BCUT2D eigenvalue weighted by Gasteiger charge is -2.26. The van der Waals surface area contributed by atoms with E-state index in [2.05, 4.69) is 10.1 Å². The summed E-state index contributed by atoms with van der Waals surface area (Å²) in [6.07, 6.45) is 6.74. The first-order chi connectivity index (χ1) is 12.3. The number of hydrogen-bond acceptors (Lipinski definition) is 3. The Morgan fingerprint density at radius 3 is 2.65 bits per heavy atom. The van der Waals surface area contributed by atoms with Crippen LogP contribution in [0.2, 0.25) is 0 Å². The second-order valence-electron chi connectivity index (χ2n) is 6.70. The van der Waals surface area contributed by atoms with Crippen LogP contribution >= 0.6 is 0 Å². The molecule has 0 aliphatic rings. The third-order valence-corrected chi connectivity index (χ3v) is 4.13. The highest BCUT2D eigenvalue weighted by Crippen LogP contribution is 2.19. The van der Waals surface area contributed by atoms with Crippen LogP contribution in [0, 0.1) is 12.7 Å². The topological polar surface area (TPSA) is 56.0 Å². The van der Waals surface area contributed by atoms with Crippen LogP contribution in [0.4, 0.5) is 4.39 Å². The van der Waals surface area contributed by atoms with E-state index in [0.717, 1.165) is 11.1 Å². The summed E-state index contributed by atoms with van der Waals surface area (Å²) < 4.78 is 17.5. The Hall–Kier alpha value is -2.96. The molecule has 0 bridgehead atoms. The number of carbonyl (C=O) groups excluding carboxylic acids is 1. The highest BCUT2D eigenvalue weighted by atomic mass is 19.1. The van der Waals surface area contributed by atoms with Crippen molar-refractivity contribution < 1.29 is 9.18 Å². The Morgan fingerprint density at radius 1 is 1.31 bits per heavy atom. The number of hydrogen-bond donors (Lipinski definition) is 0. The standard InChI is InChI=1S/C19H22FN5O/c1-13(2)24(19(26)17-11-23(4)12-21-17)10-15-5-6-16(20)18(7-15)25-9-14(3)8-22-25/h5-9,11-13H,10H2,1-4H3. The van der Waals surface area contributed by atoms with Gasteiger partial charge in [-0.3, -0.25) is 4.79 Å². The molecule has 0 unspecified atom stereocenters. The van der Waals surface area contributed by atoms with Crippen LogP contribution in [0.25, 0.3) is 5.69 Å². The van der Waals surface area contributed by atoms with Gasteiger partial charge in [-0.25, -0.2) is 14.1 Å². The van der Waals surface area contributed by atoms with E-state index >= 15 is 0 Å². The highest BCUT2D eigenvalue weighted by Gasteiger charge is 2.21. The summed E-state index contributed by atoms with van der Waals surface area (Å²) in [7, 11) is 1.82. The second-order valence-corrected chi connectivity index (χ2v) is 6.70. The molecule has 136 valence electrons. The molecule has 26 heavy (non-hydrogen) atoms. The number of halogens is 1. The maximum Gasteiger partial charge on any atom is 0.274 e. The van der Waals surface area contributed by atoms with Gasteiger partial charge in [0.25, 0.3) is 5.91 Å². The minimum atomic E-state index is -0.357. The van der Waals surface area contributed by atoms with E-state index in [1.54, 1.807) is 46.5 Å². The molecule has 6 nitrogen and oxygen atoms in total. The van der Waals surface area contributed by atoms with Gasteiger partial charge in [0.15, 0.2) is 0 Å². The molecule has 1 amide bonds. The van der Waals surface area contributed by atoms with E-state index in [9.17, 15) is 9.18 Å². The van der Waals surface area contributed by atoms with Crippen molar-refractivity contribution in [3.8, 4) is 5.69 Å². The predicted octanol–water partition coefficient (Wildman–Crippen LogP) is 3.10. The summed E-state index contributed by atoms with van der Waals surface area (Å²) >= 11 is 0. The first-order valence-electron chi connectivity index (χ1n) is 8.44. The Labute approximate surface area is 151 Å². The fourth-order valence-corrected chi connectivity index (χ4v) is 2.73. The summed E-state index contributed by atoms with van der Waals surface area (Å²) in [4.78, 5) is 18.6. The van der Waals surface area contributed by atoms with Crippen LogP contribution in [0.15, 0.2) is 43.1 Å². The van der Waals surface area contributed by atoms with E-state index < -0.39 is 0 Å². The predicted molar refractivity (Wildman–Crippen MR) is 96.5 cm³/mol. The molecule has 0 saturated carbocycles. The van der Waals surface area contributed by atoms with E-state index in [1.165, 1.54) is 10.7 Å². The van der Waals surface area contributed by atoms with Crippen LogP contribution in [0.3, 0.4) is 0 Å². The molecule has 3 aromatic rings. The van der Waals surface area contributed by atoms with E-state index in [1.807, 2.05) is 27.8 Å². The molecular formula is C19H22FN5O. The maximum atomic E-state index is 14.2. The maximum absolute atomic E-state index is 14.2. The molecule has 0 radical (unpaired) electrons. The normalized spacial score (nSPS) is 11.2. The molecule has 0 saturated heterocycles. The van der Waals surface area contributed by atoms with Crippen LogP contribution < -0.4 is 0 Å². The van der Waals surface area contributed by atoms with Gasteiger partial charge in [-0.1, -0.05) is 6.07 Å². The van der Waals surface area contributed by atoms with Gasteiger partial charge in [-0.15, -0.1) is 0 Å². The Bertz CT molecular complexity index is 928. The quantitative estimate of drug-likeness (QED) is 0.707. The van der Waals surface area contributed by atoms with Crippen LogP contribution in [0.5, 0.6) is 0 Å². The van der Waals surface area contributed by atoms with Crippen molar-refractivity contribution in [3.05, 3.63) is 65.8 Å². The number of aryl methyl sites for hydroxylation is 2. The molecule has 1 aromatic carbocycles. The van der Waals surface area contributed by atoms with Gasteiger partial charge in [0.2, 0.25) is 0 Å². The van der Waals surface area contributed by atoms with Gasteiger partial charge >= 0.3 is 0 Å². The van der Waals surface area contributed by atoms with E-state index in [4.69, 9.17) is 0 Å². The Balaban J connectivity index is 1.89. The van der Waals surface area contributed by atoms with Crippen LogP contribution in [0.1, 0.15) is 35.5 Å². The largest absolute Gasteiger partial charge is 0.340 e. The molecule has 0 aliphatic carbocycles. The van der Waals surface area contributed by atoms with Gasteiger partial charge < -0.3 is 9.47 Å². The average molecular weight is 355 g/mol. The number of amides is 1. The summed E-state index contributed by atoms with van der Waals surface area (Å²) in [6, 6.07) is 4.80.